The maximum atomic E-state index is 6.56. The lowest BCUT2D eigenvalue weighted by Gasteiger charge is -2.37. The Morgan fingerprint density at radius 3 is 2.45 bits per heavy atom. The van der Waals surface area contributed by atoms with Crippen molar-refractivity contribution in [3.8, 4) is 5.75 Å². The van der Waals surface area contributed by atoms with E-state index >= 15 is 0 Å². The Morgan fingerprint density at radius 1 is 0.947 bits per heavy atom. The number of ether oxygens (including phenoxy) is 3. The number of piperazine rings is 1. The molecule has 0 unspecified atom stereocenters. The minimum Gasteiger partial charge on any atom is -0.491 e. The fourth-order valence-corrected chi connectivity index (χ4v) is 5.47. The summed E-state index contributed by atoms with van der Waals surface area (Å²) in [4.78, 5) is 10.7. The summed E-state index contributed by atoms with van der Waals surface area (Å²) in [5.74, 6) is -0.287. The molecular formula is C27H28Cl2N6O3. The molecule has 2 aromatic heterocycles. The molecule has 0 N–H and O–H groups in total. The van der Waals surface area contributed by atoms with Crippen LogP contribution in [0, 0.1) is 0 Å². The molecule has 2 fully saturated rings. The van der Waals surface area contributed by atoms with Crippen LogP contribution in [0.4, 0.5) is 5.69 Å². The molecule has 0 amide bonds. The van der Waals surface area contributed by atoms with E-state index in [1.165, 1.54) is 5.69 Å². The highest BCUT2D eigenvalue weighted by Crippen LogP contribution is 2.40. The van der Waals surface area contributed by atoms with Gasteiger partial charge in [-0.1, -0.05) is 29.3 Å². The lowest BCUT2D eigenvalue weighted by atomic mass is 10.1. The third-order valence-corrected chi connectivity index (χ3v) is 7.41. The quantitative estimate of drug-likeness (QED) is 0.323. The molecule has 0 radical (unpaired) electrons. The molecular weight excluding hydrogens is 527 g/mol. The lowest BCUT2D eigenvalue weighted by Crippen LogP contribution is -2.50. The van der Waals surface area contributed by atoms with Crippen molar-refractivity contribution >= 4 is 28.9 Å². The van der Waals surface area contributed by atoms with Crippen LogP contribution < -0.4 is 14.6 Å². The molecule has 0 spiro atoms. The number of rotatable bonds is 8. The molecule has 11 heteroatoms. The minimum absolute atomic E-state index is 0.277. The Bertz CT molecular complexity index is 1330. The van der Waals surface area contributed by atoms with E-state index in [0.29, 0.717) is 29.8 Å². The van der Waals surface area contributed by atoms with Crippen molar-refractivity contribution in [1.82, 2.24) is 19.2 Å². The van der Waals surface area contributed by atoms with E-state index in [0.717, 1.165) is 37.5 Å². The van der Waals surface area contributed by atoms with Crippen LogP contribution in [-0.4, -0.2) is 64.7 Å². The van der Waals surface area contributed by atoms with E-state index in [-0.39, 0.29) is 6.10 Å². The van der Waals surface area contributed by atoms with Gasteiger partial charge in [0.05, 0.1) is 37.6 Å². The van der Waals surface area contributed by atoms with Gasteiger partial charge in [-0.25, -0.2) is 9.97 Å². The summed E-state index contributed by atoms with van der Waals surface area (Å²) in [5, 5.41) is 3.33. The normalized spacial score (nSPS) is 21.7. The smallest absolute Gasteiger partial charge is 0.215 e. The number of aromatic nitrogens is 4. The molecule has 6 rings (SSSR count). The topological polar surface area (TPSA) is 69.8 Å². The average Bonchev–Trinajstić information content (AvgIpc) is 3.72. The molecule has 2 aliphatic heterocycles. The van der Waals surface area contributed by atoms with Gasteiger partial charge in [0, 0.05) is 54.2 Å². The molecule has 198 valence electrons. The molecule has 0 saturated carbocycles. The zero-order valence-corrected chi connectivity index (χ0v) is 22.2. The molecule has 4 heterocycles. The summed E-state index contributed by atoms with van der Waals surface area (Å²) in [6.45, 7) is 4.87. The first-order valence-electron chi connectivity index (χ1n) is 12.5. The number of imidazole rings is 2. The summed E-state index contributed by atoms with van der Waals surface area (Å²) in [7, 11) is 0. The van der Waals surface area contributed by atoms with Gasteiger partial charge in [0.1, 0.15) is 24.8 Å². The van der Waals surface area contributed by atoms with Gasteiger partial charge < -0.3 is 28.7 Å². The maximum Gasteiger partial charge on any atom is 0.215 e. The molecule has 38 heavy (non-hydrogen) atoms. The van der Waals surface area contributed by atoms with E-state index in [1.807, 2.05) is 46.2 Å². The zero-order valence-electron chi connectivity index (χ0n) is 20.7. The van der Waals surface area contributed by atoms with Crippen molar-refractivity contribution in [1.29, 1.82) is 0 Å². The van der Waals surface area contributed by atoms with Gasteiger partial charge in [0.2, 0.25) is 5.79 Å². The predicted molar refractivity (Wildman–Crippen MR) is 146 cm³/mol. The van der Waals surface area contributed by atoms with Gasteiger partial charge in [-0.3, -0.25) is 4.68 Å². The second-order valence-electron chi connectivity index (χ2n) is 9.35. The van der Waals surface area contributed by atoms with Gasteiger partial charge in [-0.15, -0.1) is 0 Å². The summed E-state index contributed by atoms with van der Waals surface area (Å²) in [5.41, 5.74) is 1.90. The Balaban J connectivity index is 1.07. The zero-order chi connectivity index (χ0) is 26.0. The van der Waals surface area contributed by atoms with Crippen molar-refractivity contribution in [2.75, 3.05) is 49.3 Å². The molecule has 2 aromatic carbocycles. The molecule has 9 nitrogen and oxygen atoms in total. The Labute approximate surface area is 231 Å². The minimum atomic E-state index is -1.07. The van der Waals surface area contributed by atoms with Gasteiger partial charge in [0.15, 0.2) is 0 Å². The van der Waals surface area contributed by atoms with E-state index < -0.39 is 5.79 Å². The first kappa shape index (κ1) is 25.1. The Hall–Kier alpha value is -3.24. The summed E-state index contributed by atoms with van der Waals surface area (Å²) in [6, 6.07) is 13.5. The van der Waals surface area contributed by atoms with E-state index in [9.17, 15) is 0 Å². The van der Waals surface area contributed by atoms with Crippen LogP contribution in [0.3, 0.4) is 0 Å². The van der Waals surface area contributed by atoms with Crippen LogP contribution in [-0.2, 0) is 21.8 Å². The molecule has 2 atom stereocenters. The first-order chi connectivity index (χ1) is 18.6. The van der Waals surface area contributed by atoms with Crippen LogP contribution in [0.25, 0.3) is 0 Å². The van der Waals surface area contributed by atoms with Crippen LogP contribution in [0.2, 0.25) is 10.0 Å². The van der Waals surface area contributed by atoms with E-state index in [4.69, 9.17) is 37.4 Å². The number of halogens is 2. The Kier molecular flexibility index (Phi) is 7.16. The highest BCUT2D eigenvalue weighted by atomic mass is 35.5. The van der Waals surface area contributed by atoms with Crippen LogP contribution in [0.15, 0.2) is 79.9 Å². The molecule has 2 aliphatic rings. The average molecular weight is 555 g/mol. The van der Waals surface area contributed by atoms with Gasteiger partial charge in [-0.2, -0.15) is 0 Å². The highest BCUT2D eigenvalue weighted by molar-refractivity contribution is 6.35. The standard InChI is InChI=1S/C27H28Cl2N6O3/c28-21-1-6-25(26(29)15-21)27(18-32-9-7-30-19-32)37-17-24(38-27)16-36-23-4-2-22(3-5-23)33-11-13-34(14-12-33)35-10-8-31-20-35/h1-10,15,19-20,24H,11-14,16-18H2/t24-,27-/m1/s1. The Morgan fingerprint density at radius 2 is 1.74 bits per heavy atom. The highest BCUT2D eigenvalue weighted by Gasteiger charge is 2.45. The van der Waals surface area contributed by atoms with Crippen molar-refractivity contribution in [3.05, 3.63) is 95.5 Å². The van der Waals surface area contributed by atoms with Gasteiger partial charge in [-0.05, 0) is 36.4 Å². The molecule has 0 aliphatic carbocycles. The third kappa shape index (κ3) is 5.33. The summed E-state index contributed by atoms with van der Waals surface area (Å²) >= 11 is 12.7. The number of nitrogens with zero attached hydrogens (tertiary/aromatic N) is 6. The van der Waals surface area contributed by atoms with Crippen molar-refractivity contribution in [2.24, 2.45) is 0 Å². The fraction of sp³-hybridized carbons (Fsp3) is 0.333. The van der Waals surface area contributed by atoms with Crippen molar-refractivity contribution in [3.63, 3.8) is 0 Å². The SMILES string of the molecule is Clc1ccc([C@]2(Cn3ccnc3)OC[C@@H](COc3ccc(N4CCN(n5ccnc5)CC4)cc3)O2)c(Cl)c1. The van der Waals surface area contributed by atoms with Crippen LogP contribution in [0.5, 0.6) is 5.75 Å². The fourth-order valence-electron chi connectivity index (χ4n) is 4.92. The molecule has 4 aromatic rings. The largest absolute Gasteiger partial charge is 0.491 e. The monoisotopic (exact) mass is 554 g/mol. The van der Waals surface area contributed by atoms with Crippen molar-refractivity contribution in [2.45, 2.75) is 18.4 Å². The number of benzene rings is 2. The first-order valence-corrected chi connectivity index (χ1v) is 13.3. The van der Waals surface area contributed by atoms with E-state index in [1.54, 1.807) is 30.9 Å². The summed E-state index contributed by atoms with van der Waals surface area (Å²) in [6.07, 6.45) is 10.7. The third-order valence-electron chi connectivity index (χ3n) is 6.86. The maximum absolute atomic E-state index is 6.56. The van der Waals surface area contributed by atoms with Crippen LogP contribution in [0.1, 0.15) is 5.56 Å². The van der Waals surface area contributed by atoms with Gasteiger partial charge in [0.25, 0.3) is 0 Å². The molecule has 2 saturated heterocycles. The lowest BCUT2D eigenvalue weighted by molar-refractivity contribution is -0.189. The number of anilines is 1. The van der Waals surface area contributed by atoms with Gasteiger partial charge >= 0.3 is 0 Å². The second-order valence-corrected chi connectivity index (χ2v) is 10.2. The van der Waals surface area contributed by atoms with Crippen LogP contribution >= 0.6 is 23.2 Å². The molecule has 0 bridgehead atoms. The number of hydrogen-bond acceptors (Lipinski definition) is 7. The number of hydrogen-bond donors (Lipinski definition) is 0. The van der Waals surface area contributed by atoms with E-state index in [2.05, 4.69) is 32.0 Å². The predicted octanol–water partition coefficient (Wildman–Crippen LogP) is 4.19. The summed E-state index contributed by atoms with van der Waals surface area (Å²) < 4.78 is 22.8. The second kappa shape index (κ2) is 10.9. The van der Waals surface area contributed by atoms with Crippen molar-refractivity contribution < 1.29 is 14.2 Å².